The van der Waals surface area contributed by atoms with Gasteiger partial charge in [-0.3, -0.25) is 0 Å². The van der Waals surface area contributed by atoms with Crippen LogP contribution in [0.5, 0.6) is 0 Å². The van der Waals surface area contributed by atoms with Gasteiger partial charge < -0.3 is 10.1 Å². The van der Waals surface area contributed by atoms with Crippen molar-refractivity contribution in [3.8, 4) is 0 Å². The zero-order chi connectivity index (χ0) is 10.8. The van der Waals surface area contributed by atoms with E-state index in [1.807, 2.05) is 6.07 Å². The normalized spacial score (nSPS) is 21.3. The largest absolute Gasteiger partial charge is 0.374 e. The standard InChI is InChI=1S/C12H18N2O/c1-13-9-5-8-12(14(2)15)10-6-3-4-7-11(10)13/h3-4,6-7,12,15H,5,8-9H2,1-2H3. The molecule has 1 aromatic carbocycles. The molecule has 15 heavy (non-hydrogen) atoms. The maximum atomic E-state index is 9.65. The Morgan fingerprint density at radius 1 is 1.40 bits per heavy atom. The van der Waals surface area contributed by atoms with E-state index in [1.54, 1.807) is 7.05 Å². The van der Waals surface area contributed by atoms with Crippen LogP contribution in [0.4, 0.5) is 5.69 Å². The summed E-state index contributed by atoms with van der Waals surface area (Å²) in [6.07, 6.45) is 2.12. The van der Waals surface area contributed by atoms with Gasteiger partial charge in [0.05, 0.1) is 6.04 Å². The van der Waals surface area contributed by atoms with E-state index in [2.05, 4.69) is 30.1 Å². The molecular formula is C12H18N2O. The van der Waals surface area contributed by atoms with Gasteiger partial charge in [0, 0.05) is 26.3 Å². The lowest BCUT2D eigenvalue weighted by atomic mass is 10.0. The summed E-state index contributed by atoms with van der Waals surface area (Å²) in [7, 11) is 3.84. The molecule has 2 rings (SSSR count). The second-order valence-corrected chi connectivity index (χ2v) is 4.21. The number of nitrogens with zero attached hydrogens (tertiary/aromatic N) is 2. The van der Waals surface area contributed by atoms with E-state index >= 15 is 0 Å². The van der Waals surface area contributed by atoms with Crippen LogP contribution in [0, 0.1) is 0 Å². The average molecular weight is 206 g/mol. The number of hydrogen-bond acceptors (Lipinski definition) is 3. The predicted molar refractivity (Wildman–Crippen MR) is 61.2 cm³/mol. The van der Waals surface area contributed by atoms with E-state index in [0.29, 0.717) is 0 Å². The van der Waals surface area contributed by atoms with Crippen molar-refractivity contribution < 1.29 is 5.21 Å². The van der Waals surface area contributed by atoms with Gasteiger partial charge in [-0.1, -0.05) is 18.2 Å². The molecule has 82 valence electrons. The summed E-state index contributed by atoms with van der Waals surface area (Å²) in [5, 5.41) is 11.0. The molecule has 0 saturated heterocycles. The fraction of sp³-hybridized carbons (Fsp3) is 0.500. The summed E-state index contributed by atoms with van der Waals surface area (Å²) in [6, 6.07) is 8.45. The third-order valence-electron chi connectivity index (χ3n) is 3.13. The first-order valence-corrected chi connectivity index (χ1v) is 5.42. The van der Waals surface area contributed by atoms with Gasteiger partial charge in [0.1, 0.15) is 0 Å². The highest BCUT2D eigenvalue weighted by Gasteiger charge is 2.23. The smallest absolute Gasteiger partial charge is 0.0617 e. The van der Waals surface area contributed by atoms with E-state index < -0.39 is 0 Å². The van der Waals surface area contributed by atoms with Crippen LogP contribution < -0.4 is 4.90 Å². The van der Waals surface area contributed by atoms with Crippen molar-refractivity contribution in [3.63, 3.8) is 0 Å². The van der Waals surface area contributed by atoms with Crippen LogP contribution in [0.25, 0.3) is 0 Å². The van der Waals surface area contributed by atoms with E-state index in [-0.39, 0.29) is 6.04 Å². The first-order chi connectivity index (χ1) is 7.20. The zero-order valence-electron chi connectivity index (χ0n) is 9.35. The van der Waals surface area contributed by atoms with Crippen LogP contribution in [-0.4, -0.2) is 30.9 Å². The third kappa shape index (κ3) is 1.98. The number of hydrogen-bond donors (Lipinski definition) is 1. The van der Waals surface area contributed by atoms with Crippen molar-refractivity contribution in [2.45, 2.75) is 18.9 Å². The molecule has 1 atom stereocenters. The van der Waals surface area contributed by atoms with Gasteiger partial charge in [-0.05, 0) is 24.5 Å². The molecule has 0 amide bonds. The summed E-state index contributed by atoms with van der Waals surface area (Å²) < 4.78 is 0. The Morgan fingerprint density at radius 2 is 2.13 bits per heavy atom. The maximum absolute atomic E-state index is 9.65. The molecule has 1 aliphatic rings. The minimum atomic E-state index is 0.131. The quantitative estimate of drug-likeness (QED) is 0.714. The Morgan fingerprint density at radius 3 is 2.87 bits per heavy atom. The molecule has 0 saturated carbocycles. The maximum Gasteiger partial charge on any atom is 0.0617 e. The molecule has 1 aromatic rings. The van der Waals surface area contributed by atoms with Gasteiger partial charge in [0.15, 0.2) is 0 Å². The number of hydroxylamine groups is 2. The van der Waals surface area contributed by atoms with Crippen molar-refractivity contribution in [3.05, 3.63) is 29.8 Å². The van der Waals surface area contributed by atoms with Gasteiger partial charge in [-0.15, -0.1) is 0 Å². The molecule has 0 bridgehead atoms. The van der Waals surface area contributed by atoms with Gasteiger partial charge in [-0.25, -0.2) is 0 Å². The van der Waals surface area contributed by atoms with E-state index in [9.17, 15) is 5.21 Å². The van der Waals surface area contributed by atoms with Crippen LogP contribution in [0.1, 0.15) is 24.4 Å². The predicted octanol–water partition coefficient (Wildman–Crippen LogP) is 2.28. The van der Waals surface area contributed by atoms with Crippen LogP contribution in [0.2, 0.25) is 0 Å². The molecular weight excluding hydrogens is 188 g/mol. The van der Waals surface area contributed by atoms with Gasteiger partial charge in [0.2, 0.25) is 0 Å². The molecule has 1 unspecified atom stereocenters. The number of para-hydroxylation sites is 1. The van der Waals surface area contributed by atoms with Crippen molar-refractivity contribution in [1.82, 2.24) is 5.06 Å². The summed E-state index contributed by atoms with van der Waals surface area (Å²) >= 11 is 0. The number of fused-ring (bicyclic) bond motifs is 1. The first kappa shape index (κ1) is 10.5. The molecule has 0 radical (unpaired) electrons. The third-order valence-corrected chi connectivity index (χ3v) is 3.13. The molecule has 1 N–H and O–H groups in total. The Balaban J connectivity index is 2.43. The van der Waals surface area contributed by atoms with Crippen LogP contribution in [0.15, 0.2) is 24.3 Å². The zero-order valence-corrected chi connectivity index (χ0v) is 9.35. The summed E-state index contributed by atoms with van der Waals surface area (Å²) in [5.74, 6) is 0. The highest BCUT2D eigenvalue weighted by Crippen LogP contribution is 2.34. The molecule has 3 heteroatoms. The topological polar surface area (TPSA) is 26.7 Å². The van der Waals surface area contributed by atoms with E-state index in [0.717, 1.165) is 19.4 Å². The second kappa shape index (κ2) is 4.21. The Bertz CT molecular complexity index is 338. The van der Waals surface area contributed by atoms with Gasteiger partial charge >= 0.3 is 0 Å². The molecule has 0 aliphatic carbocycles. The summed E-state index contributed by atoms with van der Waals surface area (Å²) in [5.41, 5.74) is 2.46. The molecule has 3 nitrogen and oxygen atoms in total. The lowest BCUT2D eigenvalue weighted by Crippen LogP contribution is -2.21. The fourth-order valence-corrected chi connectivity index (χ4v) is 2.30. The number of benzene rings is 1. The Hall–Kier alpha value is -1.06. The highest BCUT2D eigenvalue weighted by atomic mass is 16.5. The van der Waals surface area contributed by atoms with Crippen molar-refractivity contribution in [1.29, 1.82) is 0 Å². The molecule has 0 aromatic heterocycles. The summed E-state index contributed by atoms with van der Waals surface area (Å²) in [4.78, 5) is 2.26. The lowest BCUT2D eigenvalue weighted by Gasteiger charge is -2.24. The van der Waals surface area contributed by atoms with Crippen molar-refractivity contribution in [2.24, 2.45) is 0 Å². The van der Waals surface area contributed by atoms with Crippen LogP contribution in [-0.2, 0) is 0 Å². The number of rotatable bonds is 1. The molecule has 0 fully saturated rings. The molecule has 1 aliphatic heterocycles. The SMILES string of the molecule is CN1CCCC(N(C)O)c2ccccc21. The first-order valence-electron chi connectivity index (χ1n) is 5.42. The average Bonchev–Trinajstić information content (AvgIpc) is 2.39. The minimum absolute atomic E-state index is 0.131. The van der Waals surface area contributed by atoms with Crippen molar-refractivity contribution >= 4 is 5.69 Å². The van der Waals surface area contributed by atoms with E-state index in [1.165, 1.54) is 16.3 Å². The van der Waals surface area contributed by atoms with Gasteiger partial charge in [0.25, 0.3) is 0 Å². The molecule has 0 spiro atoms. The Kier molecular flexibility index (Phi) is 2.93. The number of anilines is 1. The second-order valence-electron chi connectivity index (χ2n) is 4.21. The monoisotopic (exact) mass is 206 g/mol. The van der Waals surface area contributed by atoms with Crippen molar-refractivity contribution in [2.75, 3.05) is 25.5 Å². The lowest BCUT2D eigenvalue weighted by molar-refractivity contribution is -0.106. The van der Waals surface area contributed by atoms with Crippen LogP contribution in [0.3, 0.4) is 0 Å². The Labute approximate surface area is 90.9 Å². The summed E-state index contributed by atoms with van der Waals surface area (Å²) in [6.45, 7) is 1.06. The minimum Gasteiger partial charge on any atom is -0.374 e. The fourth-order valence-electron chi connectivity index (χ4n) is 2.30. The van der Waals surface area contributed by atoms with E-state index in [4.69, 9.17) is 0 Å². The molecule has 1 heterocycles. The van der Waals surface area contributed by atoms with Gasteiger partial charge in [-0.2, -0.15) is 5.06 Å². The highest BCUT2D eigenvalue weighted by molar-refractivity contribution is 5.55. The van der Waals surface area contributed by atoms with Crippen LogP contribution >= 0.6 is 0 Å².